The van der Waals surface area contributed by atoms with E-state index in [1.807, 2.05) is 30.3 Å². The Balaban J connectivity index is 1.84. The molecule has 0 aliphatic carbocycles. The SMILES string of the molecule is CC1=C(C(=O)OCc2ccccc2)[C@@H](c2ccc(Cl)cc2)NC(=O)N1. The second-order valence-electron chi connectivity index (χ2n) is 5.68. The van der Waals surface area contributed by atoms with Gasteiger partial charge in [0.2, 0.25) is 0 Å². The molecule has 2 aromatic carbocycles. The van der Waals surface area contributed by atoms with Crippen molar-refractivity contribution < 1.29 is 14.3 Å². The number of nitrogens with one attached hydrogen (secondary N) is 2. The Morgan fingerprint density at radius 2 is 1.80 bits per heavy atom. The summed E-state index contributed by atoms with van der Waals surface area (Å²) in [5, 5.41) is 5.96. The van der Waals surface area contributed by atoms with Gasteiger partial charge in [-0.05, 0) is 30.2 Å². The van der Waals surface area contributed by atoms with Crippen LogP contribution in [0.5, 0.6) is 0 Å². The number of rotatable bonds is 4. The number of amides is 2. The number of hydrogen-bond acceptors (Lipinski definition) is 3. The van der Waals surface area contributed by atoms with Crippen LogP contribution in [0.4, 0.5) is 4.79 Å². The van der Waals surface area contributed by atoms with E-state index in [1.165, 1.54) is 0 Å². The van der Waals surface area contributed by atoms with Gasteiger partial charge in [0, 0.05) is 10.7 Å². The fourth-order valence-electron chi connectivity index (χ4n) is 2.67. The van der Waals surface area contributed by atoms with Gasteiger partial charge in [-0.15, -0.1) is 0 Å². The average molecular weight is 357 g/mol. The average Bonchev–Trinajstić information content (AvgIpc) is 2.60. The maximum atomic E-state index is 12.6. The van der Waals surface area contributed by atoms with Gasteiger partial charge >= 0.3 is 12.0 Å². The van der Waals surface area contributed by atoms with E-state index >= 15 is 0 Å². The number of benzene rings is 2. The van der Waals surface area contributed by atoms with Crippen molar-refractivity contribution in [2.24, 2.45) is 0 Å². The van der Waals surface area contributed by atoms with Crippen LogP contribution in [0.2, 0.25) is 5.02 Å². The van der Waals surface area contributed by atoms with Crippen molar-refractivity contribution in [2.75, 3.05) is 0 Å². The molecule has 2 amide bonds. The van der Waals surface area contributed by atoms with E-state index in [9.17, 15) is 9.59 Å². The maximum absolute atomic E-state index is 12.6. The predicted molar refractivity (Wildman–Crippen MR) is 94.8 cm³/mol. The summed E-state index contributed by atoms with van der Waals surface area (Å²) in [5.41, 5.74) is 2.50. The number of ether oxygens (including phenoxy) is 1. The molecule has 2 aromatic rings. The molecule has 0 spiro atoms. The lowest BCUT2D eigenvalue weighted by molar-refractivity contribution is -0.140. The molecule has 25 heavy (non-hydrogen) atoms. The highest BCUT2D eigenvalue weighted by Crippen LogP contribution is 2.28. The van der Waals surface area contributed by atoms with Gasteiger partial charge in [-0.25, -0.2) is 9.59 Å². The molecule has 1 aliphatic rings. The van der Waals surface area contributed by atoms with E-state index in [4.69, 9.17) is 16.3 Å². The monoisotopic (exact) mass is 356 g/mol. The molecule has 2 N–H and O–H groups in total. The van der Waals surface area contributed by atoms with Crippen LogP contribution in [-0.2, 0) is 16.1 Å². The Labute approximate surface area is 150 Å². The second-order valence-corrected chi connectivity index (χ2v) is 6.12. The zero-order valence-electron chi connectivity index (χ0n) is 13.6. The third kappa shape index (κ3) is 4.00. The first kappa shape index (κ1) is 17.0. The molecule has 1 heterocycles. The summed E-state index contributed by atoms with van der Waals surface area (Å²) in [6.07, 6.45) is 0. The van der Waals surface area contributed by atoms with Gasteiger partial charge in [0.1, 0.15) is 6.61 Å². The second kappa shape index (κ2) is 7.40. The van der Waals surface area contributed by atoms with Crippen LogP contribution in [0.3, 0.4) is 0 Å². The minimum absolute atomic E-state index is 0.164. The molecule has 3 rings (SSSR count). The maximum Gasteiger partial charge on any atom is 0.338 e. The zero-order chi connectivity index (χ0) is 17.8. The molecule has 6 heteroatoms. The fourth-order valence-corrected chi connectivity index (χ4v) is 2.80. The molecule has 0 aromatic heterocycles. The Kier molecular flexibility index (Phi) is 5.05. The normalized spacial score (nSPS) is 16.9. The lowest BCUT2D eigenvalue weighted by Crippen LogP contribution is -2.45. The molecule has 0 radical (unpaired) electrons. The first-order valence-corrected chi connectivity index (χ1v) is 8.17. The Hall–Kier alpha value is -2.79. The summed E-state index contributed by atoms with van der Waals surface area (Å²) >= 11 is 5.92. The van der Waals surface area contributed by atoms with Gasteiger partial charge in [-0.3, -0.25) is 0 Å². The van der Waals surface area contributed by atoms with Gasteiger partial charge in [0.25, 0.3) is 0 Å². The minimum Gasteiger partial charge on any atom is -0.457 e. The van der Waals surface area contributed by atoms with Crippen molar-refractivity contribution in [3.8, 4) is 0 Å². The molecule has 0 saturated heterocycles. The van der Waals surface area contributed by atoms with Crippen LogP contribution in [0.15, 0.2) is 65.9 Å². The van der Waals surface area contributed by atoms with Gasteiger partial charge in [-0.2, -0.15) is 0 Å². The quantitative estimate of drug-likeness (QED) is 0.820. The molecule has 0 fully saturated rings. The van der Waals surface area contributed by atoms with Crippen molar-refractivity contribution in [2.45, 2.75) is 19.6 Å². The highest BCUT2D eigenvalue weighted by Gasteiger charge is 2.32. The summed E-state index contributed by atoms with van der Waals surface area (Å²) in [6.45, 7) is 1.85. The van der Waals surface area contributed by atoms with Crippen molar-refractivity contribution >= 4 is 23.6 Å². The third-order valence-electron chi connectivity index (χ3n) is 3.91. The third-order valence-corrected chi connectivity index (χ3v) is 4.16. The van der Waals surface area contributed by atoms with E-state index in [2.05, 4.69) is 10.6 Å². The van der Waals surface area contributed by atoms with Crippen LogP contribution in [-0.4, -0.2) is 12.0 Å². The largest absolute Gasteiger partial charge is 0.457 e. The molecule has 0 bridgehead atoms. The lowest BCUT2D eigenvalue weighted by atomic mass is 9.95. The van der Waals surface area contributed by atoms with E-state index in [1.54, 1.807) is 31.2 Å². The highest BCUT2D eigenvalue weighted by atomic mass is 35.5. The van der Waals surface area contributed by atoms with E-state index in [0.29, 0.717) is 16.3 Å². The number of allylic oxidation sites excluding steroid dienone is 1. The summed E-state index contributed by atoms with van der Waals surface area (Å²) < 4.78 is 5.43. The summed E-state index contributed by atoms with van der Waals surface area (Å²) in [5.74, 6) is -0.478. The first-order chi connectivity index (χ1) is 12.0. The topological polar surface area (TPSA) is 67.4 Å². The van der Waals surface area contributed by atoms with Crippen molar-refractivity contribution in [1.82, 2.24) is 10.6 Å². The van der Waals surface area contributed by atoms with Crippen LogP contribution >= 0.6 is 11.6 Å². The van der Waals surface area contributed by atoms with Crippen LogP contribution in [0, 0.1) is 0 Å². The number of esters is 1. The highest BCUT2D eigenvalue weighted by molar-refractivity contribution is 6.30. The van der Waals surface area contributed by atoms with Crippen LogP contribution in [0.25, 0.3) is 0 Å². The summed E-state index contributed by atoms with van der Waals surface area (Å²) in [4.78, 5) is 24.5. The molecule has 1 atom stereocenters. The molecular formula is C19H17ClN2O3. The number of hydrogen-bond donors (Lipinski definition) is 2. The minimum atomic E-state index is -0.589. The first-order valence-electron chi connectivity index (χ1n) is 7.79. The molecular weight excluding hydrogens is 340 g/mol. The molecule has 1 aliphatic heterocycles. The molecule has 0 saturated carbocycles. The zero-order valence-corrected chi connectivity index (χ0v) is 14.3. The Morgan fingerprint density at radius 1 is 1.12 bits per heavy atom. The number of carbonyl (C=O) groups is 2. The van der Waals surface area contributed by atoms with Gasteiger partial charge in [0.05, 0.1) is 11.6 Å². The fraction of sp³-hybridized carbons (Fsp3) is 0.158. The van der Waals surface area contributed by atoms with E-state index < -0.39 is 12.0 Å². The standard InChI is InChI=1S/C19H17ClN2O3/c1-12-16(18(23)25-11-13-5-3-2-4-6-13)17(22-19(24)21-12)14-7-9-15(20)10-8-14/h2-10,17H,11H2,1H3,(H2,21,22,24)/t17-/m1/s1. The van der Waals surface area contributed by atoms with Crippen molar-refractivity contribution in [3.63, 3.8) is 0 Å². The molecule has 0 unspecified atom stereocenters. The Morgan fingerprint density at radius 3 is 2.48 bits per heavy atom. The Bertz CT molecular complexity index is 816. The number of carbonyl (C=O) groups excluding carboxylic acids is 2. The molecule has 5 nitrogen and oxygen atoms in total. The number of halogens is 1. The molecule has 128 valence electrons. The van der Waals surface area contributed by atoms with Crippen LogP contribution < -0.4 is 10.6 Å². The van der Waals surface area contributed by atoms with Crippen LogP contribution in [0.1, 0.15) is 24.1 Å². The smallest absolute Gasteiger partial charge is 0.338 e. The van der Waals surface area contributed by atoms with Crippen molar-refractivity contribution in [3.05, 3.63) is 82.0 Å². The van der Waals surface area contributed by atoms with Crippen molar-refractivity contribution in [1.29, 1.82) is 0 Å². The van der Waals surface area contributed by atoms with E-state index in [0.717, 1.165) is 11.1 Å². The van der Waals surface area contributed by atoms with Gasteiger partial charge in [0.15, 0.2) is 0 Å². The predicted octanol–water partition coefficient (Wildman–Crippen LogP) is 3.71. The summed E-state index contributed by atoms with van der Waals surface area (Å²) in [6, 6.07) is 15.5. The summed E-state index contributed by atoms with van der Waals surface area (Å²) in [7, 11) is 0. The van der Waals surface area contributed by atoms with Gasteiger partial charge in [-0.1, -0.05) is 54.1 Å². The van der Waals surface area contributed by atoms with Gasteiger partial charge < -0.3 is 15.4 Å². The number of urea groups is 1. The van der Waals surface area contributed by atoms with E-state index in [-0.39, 0.29) is 12.6 Å². The lowest BCUT2D eigenvalue weighted by Gasteiger charge is -2.28.